The van der Waals surface area contributed by atoms with Crippen LogP contribution in [-0.2, 0) is 6.54 Å². The summed E-state index contributed by atoms with van der Waals surface area (Å²) in [6.45, 7) is -0.133. The lowest BCUT2D eigenvalue weighted by Crippen LogP contribution is -2.35. The van der Waals surface area contributed by atoms with E-state index in [9.17, 15) is 18.0 Å². The Bertz CT molecular complexity index is 1060. The van der Waals surface area contributed by atoms with Crippen molar-refractivity contribution in [2.45, 2.75) is 6.54 Å². The van der Waals surface area contributed by atoms with Gasteiger partial charge >= 0.3 is 12.0 Å². The molecule has 3 aromatic rings. The number of aromatic amines is 1. The molecule has 0 radical (unpaired) electrons. The van der Waals surface area contributed by atoms with Crippen LogP contribution in [0, 0.1) is 28.8 Å². The summed E-state index contributed by atoms with van der Waals surface area (Å²) in [7, 11) is 1.37. The summed E-state index contributed by atoms with van der Waals surface area (Å²) in [6, 6.07) is 3.79. The fraction of sp³-hybridized carbons (Fsp3) is 0.118. The predicted molar refractivity (Wildman–Crippen MR) is 93.4 cm³/mol. The first-order valence-electron chi connectivity index (χ1n) is 7.94. The van der Waals surface area contributed by atoms with Crippen LogP contribution in [0.3, 0.4) is 0 Å². The maximum Gasteiger partial charge on any atom is 0.326 e. The summed E-state index contributed by atoms with van der Waals surface area (Å²) < 4.78 is 44.8. The smallest absolute Gasteiger partial charge is 0.326 e. The number of anilines is 2. The van der Waals surface area contributed by atoms with Crippen molar-refractivity contribution in [2.75, 3.05) is 17.3 Å². The average Bonchev–Trinajstić information content (AvgIpc) is 3.18. The van der Waals surface area contributed by atoms with Gasteiger partial charge in [0.05, 0.1) is 37.4 Å². The van der Waals surface area contributed by atoms with Gasteiger partial charge in [-0.3, -0.25) is 10.00 Å². The number of benzene rings is 1. The number of amides is 2. The van der Waals surface area contributed by atoms with E-state index in [0.29, 0.717) is 17.8 Å². The normalized spacial score (nSPS) is 10.3. The quantitative estimate of drug-likeness (QED) is 0.632. The van der Waals surface area contributed by atoms with E-state index < -0.39 is 23.5 Å². The van der Waals surface area contributed by atoms with Crippen LogP contribution >= 0.6 is 0 Å². The summed E-state index contributed by atoms with van der Waals surface area (Å²) in [6.07, 6.45) is 2.57. The topological polar surface area (TPSA) is 120 Å². The Morgan fingerprint density at radius 2 is 1.90 bits per heavy atom. The van der Waals surface area contributed by atoms with Crippen molar-refractivity contribution in [3.05, 3.63) is 59.4 Å². The Balaban J connectivity index is 1.90. The molecule has 2 amide bonds. The zero-order chi connectivity index (χ0) is 21.0. The van der Waals surface area contributed by atoms with Crippen LogP contribution in [0.1, 0.15) is 11.4 Å². The number of carbonyl (C=O) groups is 1. The number of aromatic nitrogens is 4. The lowest BCUT2D eigenvalue weighted by atomic mass is 10.3. The van der Waals surface area contributed by atoms with E-state index in [1.54, 1.807) is 0 Å². The lowest BCUT2D eigenvalue weighted by Gasteiger charge is -2.22. The molecule has 0 aliphatic rings. The molecule has 0 bridgehead atoms. The summed E-state index contributed by atoms with van der Waals surface area (Å²) >= 11 is 0. The van der Waals surface area contributed by atoms with E-state index in [1.165, 1.54) is 25.6 Å². The van der Waals surface area contributed by atoms with Crippen molar-refractivity contribution in [3.8, 4) is 12.1 Å². The number of hydrogen-bond donors (Lipinski definition) is 2. The zero-order valence-electron chi connectivity index (χ0n) is 14.8. The van der Waals surface area contributed by atoms with Gasteiger partial charge in [-0.05, 0) is 6.07 Å². The molecule has 12 heteroatoms. The van der Waals surface area contributed by atoms with E-state index in [4.69, 9.17) is 10.00 Å². The molecular weight excluding hydrogens is 391 g/mol. The Morgan fingerprint density at radius 3 is 2.45 bits per heavy atom. The Labute approximate surface area is 161 Å². The van der Waals surface area contributed by atoms with Gasteiger partial charge in [0.25, 0.3) is 0 Å². The minimum atomic E-state index is -1.65. The Hall–Kier alpha value is -4.14. The fourth-order valence-corrected chi connectivity index (χ4v) is 2.32. The molecule has 2 heterocycles. The first kappa shape index (κ1) is 19.6. The van der Waals surface area contributed by atoms with Gasteiger partial charge in [0, 0.05) is 17.8 Å². The van der Waals surface area contributed by atoms with Crippen LogP contribution in [0.5, 0.6) is 6.01 Å². The van der Waals surface area contributed by atoms with E-state index in [2.05, 4.69) is 25.5 Å². The van der Waals surface area contributed by atoms with Gasteiger partial charge in [-0.2, -0.15) is 10.4 Å². The molecule has 9 nitrogen and oxygen atoms in total. The number of nitriles is 1. The maximum atomic E-state index is 13.4. The molecule has 0 fully saturated rings. The average molecular weight is 403 g/mol. The molecule has 3 rings (SSSR count). The molecule has 0 aliphatic heterocycles. The van der Waals surface area contributed by atoms with E-state index in [-0.39, 0.29) is 29.6 Å². The third-order valence-corrected chi connectivity index (χ3v) is 3.66. The van der Waals surface area contributed by atoms with Crippen LogP contribution in [0.25, 0.3) is 0 Å². The number of carbonyl (C=O) groups excluding carboxylic acids is 1. The summed E-state index contributed by atoms with van der Waals surface area (Å²) in [5.74, 6) is -4.56. The highest BCUT2D eigenvalue weighted by Crippen LogP contribution is 2.21. The monoisotopic (exact) mass is 403 g/mol. The van der Waals surface area contributed by atoms with Crippen molar-refractivity contribution in [3.63, 3.8) is 0 Å². The molecule has 0 saturated carbocycles. The number of hydrogen-bond acceptors (Lipinski definition) is 6. The van der Waals surface area contributed by atoms with Crippen molar-refractivity contribution in [1.29, 1.82) is 5.26 Å². The van der Waals surface area contributed by atoms with Crippen LogP contribution < -0.4 is 15.0 Å². The number of nitrogens with one attached hydrogen (secondary N) is 2. The molecule has 0 aliphatic carbocycles. The van der Waals surface area contributed by atoms with Crippen molar-refractivity contribution >= 4 is 17.4 Å². The number of rotatable bonds is 5. The number of halogens is 3. The van der Waals surface area contributed by atoms with Gasteiger partial charge in [0.15, 0.2) is 17.5 Å². The van der Waals surface area contributed by atoms with Gasteiger partial charge in [0.1, 0.15) is 11.8 Å². The largest absolute Gasteiger partial charge is 0.467 e. The van der Waals surface area contributed by atoms with Gasteiger partial charge in [0.2, 0.25) is 0 Å². The molecule has 148 valence electrons. The molecule has 0 atom stereocenters. The summed E-state index contributed by atoms with van der Waals surface area (Å²) in [5, 5.41) is 17.5. The predicted octanol–water partition coefficient (Wildman–Crippen LogP) is 2.74. The number of urea groups is 1. The second-order valence-electron chi connectivity index (χ2n) is 5.58. The van der Waals surface area contributed by atoms with Crippen molar-refractivity contribution in [2.24, 2.45) is 0 Å². The Morgan fingerprint density at radius 1 is 1.24 bits per heavy atom. The second-order valence-corrected chi connectivity index (χ2v) is 5.58. The van der Waals surface area contributed by atoms with Crippen molar-refractivity contribution < 1.29 is 22.7 Å². The molecule has 2 aromatic heterocycles. The standard InChI is InChI=1S/C17H12F3N7O2/c1-29-16-22-6-12(7-23-16)27(8-11-2-10(5-21)25-26-11)17(28)24-9-3-13(18)15(20)14(19)4-9/h2-4,6-7H,8H2,1H3,(H,24,28)(H,25,26). The highest BCUT2D eigenvalue weighted by atomic mass is 19.2. The molecule has 0 spiro atoms. The van der Waals surface area contributed by atoms with Crippen LogP contribution in [0.15, 0.2) is 30.6 Å². The molecule has 29 heavy (non-hydrogen) atoms. The first-order chi connectivity index (χ1) is 13.9. The number of H-pyrrole nitrogens is 1. The molecular formula is C17H12F3N7O2. The van der Waals surface area contributed by atoms with Crippen LogP contribution in [0.2, 0.25) is 0 Å². The maximum absolute atomic E-state index is 13.4. The highest BCUT2D eigenvalue weighted by Gasteiger charge is 2.21. The SMILES string of the molecule is COc1ncc(N(Cc2cc(C#N)[nH]n2)C(=O)Nc2cc(F)c(F)c(F)c2)cn1. The minimum absolute atomic E-state index is 0.0586. The molecule has 2 N–H and O–H groups in total. The minimum Gasteiger partial charge on any atom is -0.467 e. The lowest BCUT2D eigenvalue weighted by molar-refractivity contribution is 0.256. The Kier molecular flexibility index (Phi) is 5.59. The number of ether oxygens (including phenoxy) is 1. The summed E-state index contributed by atoms with van der Waals surface area (Å²) in [4.78, 5) is 21.7. The zero-order valence-corrected chi connectivity index (χ0v) is 14.8. The summed E-state index contributed by atoms with van der Waals surface area (Å²) in [5.41, 5.74) is 0.399. The number of nitrogens with zero attached hydrogens (tertiary/aromatic N) is 5. The molecule has 0 saturated heterocycles. The third kappa shape index (κ3) is 4.41. The number of methoxy groups -OCH3 is 1. The van der Waals surface area contributed by atoms with Gasteiger partial charge < -0.3 is 10.1 Å². The first-order valence-corrected chi connectivity index (χ1v) is 7.94. The molecule has 1 aromatic carbocycles. The van der Waals surface area contributed by atoms with E-state index in [0.717, 1.165) is 4.90 Å². The molecule has 0 unspecified atom stereocenters. The van der Waals surface area contributed by atoms with Gasteiger partial charge in [-0.1, -0.05) is 0 Å². The van der Waals surface area contributed by atoms with Crippen LogP contribution in [0.4, 0.5) is 29.3 Å². The van der Waals surface area contributed by atoms with Crippen molar-refractivity contribution in [1.82, 2.24) is 20.2 Å². The highest BCUT2D eigenvalue weighted by molar-refractivity contribution is 6.01. The van der Waals surface area contributed by atoms with Gasteiger partial charge in [-0.25, -0.2) is 27.9 Å². The fourth-order valence-electron chi connectivity index (χ4n) is 2.32. The third-order valence-electron chi connectivity index (χ3n) is 3.66. The van der Waals surface area contributed by atoms with Gasteiger partial charge in [-0.15, -0.1) is 0 Å². The second kappa shape index (κ2) is 8.26. The van der Waals surface area contributed by atoms with Crippen LogP contribution in [-0.4, -0.2) is 33.3 Å². The van der Waals surface area contributed by atoms with E-state index in [1.807, 2.05) is 6.07 Å². The van der Waals surface area contributed by atoms with E-state index >= 15 is 0 Å².